The monoisotopic (exact) mass is 513 g/mol. The fourth-order valence-corrected chi connectivity index (χ4v) is 4.38. The van der Waals surface area contributed by atoms with Crippen LogP contribution in [-0.4, -0.2) is 10.9 Å². The Bertz CT molecular complexity index is 1400. The number of carbonyl (C=O) groups is 1. The molecule has 33 heavy (non-hydrogen) atoms. The number of nitriles is 1. The van der Waals surface area contributed by atoms with E-state index >= 15 is 0 Å². The highest BCUT2D eigenvalue weighted by molar-refractivity contribution is 7.15. The first-order valence-corrected chi connectivity index (χ1v) is 11.5. The molecular formula is C24H14Cl3N3O2S. The number of anilines is 1. The SMILES string of the molecule is N#C/C(=C\c1ccc(-c2ccccc2Cl)o1)C(=O)Nc1ncc(Cc2ccc(Cl)c(Cl)c2)s1. The number of nitrogens with one attached hydrogen (secondary N) is 1. The lowest BCUT2D eigenvalue weighted by Gasteiger charge is -2.01. The van der Waals surface area contributed by atoms with E-state index in [1.807, 2.05) is 30.3 Å². The number of hydrogen-bond donors (Lipinski definition) is 1. The van der Waals surface area contributed by atoms with Gasteiger partial charge in [0, 0.05) is 29.1 Å². The molecule has 0 radical (unpaired) electrons. The Morgan fingerprint density at radius 1 is 1.09 bits per heavy atom. The number of carbonyl (C=O) groups excluding carboxylic acids is 1. The predicted octanol–water partition coefficient (Wildman–Crippen LogP) is 7.50. The molecule has 0 fully saturated rings. The third kappa shape index (κ3) is 5.65. The molecule has 0 saturated carbocycles. The summed E-state index contributed by atoms with van der Waals surface area (Å²) in [6, 6.07) is 18.0. The first kappa shape index (κ1) is 23.1. The van der Waals surface area contributed by atoms with Crippen LogP contribution in [0.3, 0.4) is 0 Å². The summed E-state index contributed by atoms with van der Waals surface area (Å²) in [4.78, 5) is 17.7. The smallest absolute Gasteiger partial charge is 0.268 e. The highest BCUT2D eigenvalue weighted by atomic mass is 35.5. The topological polar surface area (TPSA) is 78.9 Å². The van der Waals surface area contributed by atoms with Gasteiger partial charge in [-0.15, -0.1) is 11.3 Å². The zero-order valence-electron chi connectivity index (χ0n) is 16.8. The lowest BCUT2D eigenvalue weighted by Crippen LogP contribution is -2.13. The van der Waals surface area contributed by atoms with E-state index in [-0.39, 0.29) is 5.57 Å². The molecule has 4 aromatic rings. The maximum atomic E-state index is 12.6. The Morgan fingerprint density at radius 2 is 1.91 bits per heavy atom. The van der Waals surface area contributed by atoms with Crippen LogP contribution in [0.25, 0.3) is 17.4 Å². The second-order valence-electron chi connectivity index (χ2n) is 6.86. The van der Waals surface area contributed by atoms with Crippen LogP contribution in [0, 0.1) is 11.3 Å². The van der Waals surface area contributed by atoms with Gasteiger partial charge in [0.15, 0.2) is 5.13 Å². The van der Waals surface area contributed by atoms with Gasteiger partial charge in [-0.25, -0.2) is 4.98 Å². The predicted molar refractivity (Wildman–Crippen MR) is 133 cm³/mol. The molecule has 0 unspecified atom stereocenters. The van der Waals surface area contributed by atoms with Gasteiger partial charge in [-0.05, 0) is 42.0 Å². The van der Waals surface area contributed by atoms with Crippen molar-refractivity contribution in [2.24, 2.45) is 0 Å². The van der Waals surface area contributed by atoms with Crippen molar-refractivity contribution < 1.29 is 9.21 Å². The summed E-state index contributed by atoms with van der Waals surface area (Å²) in [7, 11) is 0. The minimum atomic E-state index is -0.580. The summed E-state index contributed by atoms with van der Waals surface area (Å²) in [5.74, 6) is 0.316. The van der Waals surface area contributed by atoms with Crippen molar-refractivity contribution in [3.05, 3.63) is 97.6 Å². The molecule has 0 aliphatic rings. The number of nitrogens with zero attached hydrogens (tertiary/aromatic N) is 2. The normalized spacial score (nSPS) is 11.3. The van der Waals surface area contributed by atoms with Crippen LogP contribution >= 0.6 is 46.1 Å². The molecule has 5 nitrogen and oxygen atoms in total. The van der Waals surface area contributed by atoms with Crippen LogP contribution in [0.5, 0.6) is 0 Å². The van der Waals surface area contributed by atoms with Gasteiger partial charge < -0.3 is 4.42 Å². The first-order chi connectivity index (χ1) is 15.9. The van der Waals surface area contributed by atoms with Crippen LogP contribution in [0.1, 0.15) is 16.2 Å². The molecule has 4 rings (SSSR count). The lowest BCUT2D eigenvalue weighted by molar-refractivity contribution is -0.112. The van der Waals surface area contributed by atoms with Crippen molar-refractivity contribution in [3.8, 4) is 17.4 Å². The quantitative estimate of drug-likeness (QED) is 0.213. The Morgan fingerprint density at radius 3 is 2.67 bits per heavy atom. The molecule has 2 aromatic carbocycles. The highest BCUT2D eigenvalue weighted by Crippen LogP contribution is 2.30. The summed E-state index contributed by atoms with van der Waals surface area (Å²) >= 11 is 19.5. The van der Waals surface area contributed by atoms with Gasteiger partial charge in [-0.2, -0.15) is 5.26 Å². The number of thiazole rings is 1. The number of furan rings is 1. The molecule has 1 amide bonds. The van der Waals surface area contributed by atoms with E-state index < -0.39 is 5.91 Å². The van der Waals surface area contributed by atoms with Crippen LogP contribution in [-0.2, 0) is 11.2 Å². The number of hydrogen-bond acceptors (Lipinski definition) is 5. The number of aromatic nitrogens is 1. The van der Waals surface area contributed by atoms with Crippen LogP contribution in [0.4, 0.5) is 5.13 Å². The number of amides is 1. The zero-order chi connectivity index (χ0) is 23.4. The first-order valence-electron chi connectivity index (χ1n) is 9.59. The van der Waals surface area contributed by atoms with Gasteiger partial charge in [0.25, 0.3) is 5.91 Å². The maximum absolute atomic E-state index is 12.6. The average Bonchev–Trinajstić information content (AvgIpc) is 3.44. The molecule has 9 heteroatoms. The summed E-state index contributed by atoms with van der Waals surface area (Å²) in [5.41, 5.74) is 1.58. The largest absolute Gasteiger partial charge is 0.457 e. The fourth-order valence-electron chi connectivity index (χ4n) is 2.99. The van der Waals surface area contributed by atoms with Gasteiger partial charge >= 0.3 is 0 Å². The number of benzene rings is 2. The third-order valence-corrected chi connectivity index (χ3v) is 6.54. The summed E-state index contributed by atoms with van der Waals surface area (Å²) in [5, 5.41) is 14.0. The van der Waals surface area contributed by atoms with Crippen molar-refractivity contribution in [3.63, 3.8) is 0 Å². The van der Waals surface area contributed by atoms with Crippen molar-refractivity contribution in [1.29, 1.82) is 5.26 Å². The van der Waals surface area contributed by atoms with Gasteiger partial charge in [-0.3, -0.25) is 10.1 Å². The molecule has 1 N–H and O–H groups in total. The van der Waals surface area contributed by atoms with Crippen LogP contribution in [0.2, 0.25) is 15.1 Å². The lowest BCUT2D eigenvalue weighted by atomic mass is 10.1. The standard InChI is InChI=1S/C24H14Cl3N3O2S/c25-19-4-2-1-3-18(19)22-8-6-16(32-22)11-15(12-28)23(31)30-24-29-13-17(33-24)9-14-5-7-20(26)21(27)10-14/h1-8,10-11,13H,9H2,(H,29,30,31)/b15-11+. The zero-order valence-corrected chi connectivity index (χ0v) is 19.9. The van der Waals surface area contributed by atoms with Gasteiger partial charge in [0.05, 0.1) is 15.1 Å². The molecule has 0 aliphatic carbocycles. The maximum Gasteiger partial charge on any atom is 0.268 e. The summed E-state index contributed by atoms with van der Waals surface area (Å²) < 4.78 is 5.75. The molecule has 2 aromatic heterocycles. The van der Waals surface area contributed by atoms with Crippen molar-refractivity contribution in [2.45, 2.75) is 6.42 Å². The van der Waals surface area contributed by atoms with E-state index in [0.29, 0.717) is 38.1 Å². The summed E-state index contributed by atoms with van der Waals surface area (Å²) in [6.07, 6.45) is 3.63. The summed E-state index contributed by atoms with van der Waals surface area (Å²) in [6.45, 7) is 0. The Kier molecular flexibility index (Phi) is 7.17. The van der Waals surface area contributed by atoms with E-state index in [2.05, 4.69) is 10.3 Å². The fraction of sp³-hybridized carbons (Fsp3) is 0.0417. The van der Waals surface area contributed by atoms with E-state index in [1.165, 1.54) is 17.4 Å². The molecule has 164 valence electrons. The molecule has 0 aliphatic heterocycles. The number of halogens is 3. The number of rotatable bonds is 6. The van der Waals surface area contributed by atoms with Crippen molar-refractivity contribution in [1.82, 2.24) is 4.98 Å². The molecular weight excluding hydrogens is 501 g/mol. The van der Waals surface area contributed by atoms with E-state index in [9.17, 15) is 10.1 Å². The minimum Gasteiger partial charge on any atom is -0.457 e. The second-order valence-corrected chi connectivity index (χ2v) is 9.20. The molecule has 2 heterocycles. The van der Waals surface area contributed by atoms with Gasteiger partial charge in [-0.1, -0.05) is 53.0 Å². The highest BCUT2D eigenvalue weighted by Gasteiger charge is 2.14. The van der Waals surface area contributed by atoms with E-state index in [4.69, 9.17) is 39.2 Å². The van der Waals surface area contributed by atoms with Crippen molar-refractivity contribution >= 4 is 63.3 Å². The van der Waals surface area contributed by atoms with Gasteiger partial charge in [0.2, 0.25) is 0 Å². The van der Waals surface area contributed by atoms with Gasteiger partial charge in [0.1, 0.15) is 23.2 Å². The molecule has 0 spiro atoms. The average molecular weight is 515 g/mol. The molecule has 0 atom stereocenters. The Balaban J connectivity index is 1.45. The van der Waals surface area contributed by atoms with Crippen LogP contribution < -0.4 is 5.32 Å². The molecule has 0 saturated heterocycles. The second kappa shape index (κ2) is 10.2. The third-order valence-electron chi connectivity index (χ3n) is 4.55. The Hall–Kier alpha value is -3.08. The molecule has 0 bridgehead atoms. The minimum absolute atomic E-state index is 0.115. The Labute approximate surface area is 208 Å². The van der Waals surface area contributed by atoms with E-state index in [1.54, 1.807) is 36.5 Å². The van der Waals surface area contributed by atoms with Crippen LogP contribution in [0.15, 0.2) is 70.8 Å². The van der Waals surface area contributed by atoms with E-state index in [0.717, 1.165) is 16.0 Å². The van der Waals surface area contributed by atoms with Crippen molar-refractivity contribution in [2.75, 3.05) is 5.32 Å².